The molecule has 0 aliphatic carbocycles. The predicted octanol–water partition coefficient (Wildman–Crippen LogP) is 4.08. The van der Waals surface area contributed by atoms with Crippen LogP contribution in [0.25, 0.3) is 5.65 Å². The minimum Gasteiger partial charge on any atom is -0.345 e. The average Bonchev–Trinajstić information content (AvgIpc) is 3.19. The van der Waals surface area contributed by atoms with Gasteiger partial charge in [0.25, 0.3) is 11.8 Å². The molecule has 1 atom stereocenters. The molecule has 0 saturated heterocycles. The van der Waals surface area contributed by atoms with Gasteiger partial charge < -0.3 is 15.0 Å². The second kappa shape index (κ2) is 7.98. The van der Waals surface area contributed by atoms with Crippen molar-refractivity contribution in [3.8, 4) is 0 Å². The Bertz CT molecular complexity index is 1130. The van der Waals surface area contributed by atoms with E-state index in [9.17, 15) is 9.59 Å². The van der Waals surface area contributed by atoms with E-state index in [0.717, 1.165) is 5.56 Å². The normalized spacial score (nSPS) is 11.8. The zero-order chi connectivity index (χ0) is 20.2. The summed E-state index contributed by atoms with van der Waals surface area (Å²) in [4.78, 5) is 29.8. The maximum atomic E-state index is 12.8. The number of imidazole rings is 1. The Morgan fingerprint density at radius 1 is 0.897 bits per heavy atom. The first kappa shape index (κ1) is 18.4. The number of hydrogen-bond donors (Lipinski definition) is 2. The molecule has 0 spiro atoms. The largest absolute Gasteiger partial charge is 0.345 e. The molecule has 0 aliphatic heterocycles. The SMILES string of the molecule is C[C@H](NC(=O)c1ccccc1NC(=O)c1cn2ccccc2n1)c1ccccc1. The van der Waals surface area contributed by atoms with Gasteiger partial charge in [0.15, 0.2) is 0 Å². The summed E-state index contributed by atoms with van der Waals surface area (Å²) in [5, 5.41) is 5.78. The molecular weight excluding hydrogens is 364 g/mol. The van der Waals surface area contributed by atoms with Gasteiger partial charge in [-0.25, -0.2) is 4.98 Å². The van der Waals surface area contributed by atoms with Crippen LogP contribution >= 0.6 is 0 Å². The third kappa shape index (κ3) is 4.01. The van der Waals surface area contributed by atoms with Gasteiger partial charge in [-0.2, -0.15) is 0 Å². The number of para-hydroxylation sites is 1. The number of fused-ring (bicyclic) bond motifs is 1. The Morgan fingerprint density at radius 2 is 1.62 bits per heavy atom. The summed E-state index contributed by atoms with van der Waals surface area (Å²) < 4.78 is 1.77. The van der Waals surface area contributed by atoms with Gasteiger partial charge in [-0.1, -0.05) is 48.5 Å². The molecule has 0 fully saturated rings. The first-order chi connectivity index (χ1) is 14.1. The number of carbonyl (C=O) groups is 2. The van der Waals surface area contributed by atoms with Crippen LogP contribution in [0.15, 0.2) is 85.2 Å². The fourth-order valence-corrected chi connectivity index (χ4v) is 3.12. The van der Waals surface area contributed by atoms with Crippen LogP contribution in [0.1, 0.15) is 39.4 Å². The maximum absolute atomic E-state index is 12.8. The van der Waals surface area contributed by atoms with Crippen molar-refractivity contribution in [3.63, 3.8) is 0 Å². The zero-order valence-corrected chi connectivity index (χ0v) is 15.9. The molecule has 0 saturated carbocycles. The van der Waals surface area contributed by atoms with Gasteiger partial charge >= 0.3 is 0 Å². The Kier molecular flexibility index (Phi) is 5.07. The number of nitrogens with one attached hydrogen (secondary N) is 2. The summed E-state index contributed by atoms with van der Waals surface area (Å²) in [7, 11) is 0. The van der Waals surface area contributed by atoms with Crippen LogP contribution in [0, 0.1) is 0 Å². The zero-order valence-electron chi connectivity index (χ0n) is 15.9. The van der Waals surface area contributed by atoms with E-state index < -0.39 is 0 Å². The third-order valence-corrected chi connectivity index (χ3v) is 4.66. The number of rotatable bonds is 5. The number of carbonyl (C=O) groups excluding carboxylic acids is 2. The minimum absolute atomic E-state index is 0.161. The van der Waals surface area contributed by atoms with Crippen LogP contribution in [0.5, 0.6) is 0 Å². The van der Waals surface area contributed by atoms with Gasteiger partial charge in [0.2, 0.25) is 0 Å². The molecule has 4 rings (SSSR count). The van der Waals surface area contributed by atoms with Crippen LogP contribution in [0.4, 0.5) is 5.69 Å². The van der Waals surface area contributed by atoms with Gasteiger partial charge in [-0.05, 0) is 36.8 Å². The lowest BCUT2D eigenvalue weighted by atomic mass is 10.1. The number of amides is 2. The van der Waals surface area contributed by atoms with Crippen molar-refractivity contribution in [2.24, 2.45) is 0 Å². The van der Waals surface area contributed by atoms with Crippen molar-refractivity contribution in [1.29, 1.82) is 0 Å². The highest BCUT2D eigenvalue weighted by Crippen LogP contribution is 2.19. The summed E-state index contributed by atoms with van der Waals surface area (Å²) in [6.45, 7) is 1.92. The molecule has 0 radical (unpaired) electrons. The highest BCUT2D eigenvalue weighted by Gasteiger charge is 2.17. The first-order valence-corrected chi connectivity index (χ1v) is 9.32. The van der Waals surface area contributed by atoms with Crippen molar-refractivity contribution in [2.45, 2.75) is 13.0 Å². The van der Waals surface area contributed by atoms with Crippen molar-refractivity contribution in [3.05, 3.63) is 102 Å². The molecule has 144 valence electrons. The summed E-state index contributed by atoms with van der Waals surface area (Å²) in [6.07, 6.45) is 3.48. The minimum atomic E-state index is -0.370. The first-order valence-electron chi connectivity index (χ1n) is 9.32. The number of hydrogen-bond acceptors (Lipinski definition) is 3. The predicted molar refractivity (Wildman–Crippen MR) is 112 cm³/mol. The molecular formula is C23H20N4O2. The molecule has 0 bridgehead atoms. The molecule has 6 nitrogen and oxygen atoms in total. The Morgan fingerprint density at radius 3 is 2.41 bits per heavy atom. The number of pyridine rings is 1. The Hall–Kier alpha value is -3.93. The van der Waals surface area contributed by atoms with Crippen LogP contribution in [0.2, 0.25) is 0 Å². The molecule has 0 unspecified atom stereocenters. The quantitative estimate of drug-likeness (QED) is 0.544. The molecule has 29 heavy (non-hydrogen) atoms. The van der Waals surface area contributed by atoms with Crippen molar-refractivity contribution >= 4 is 23.1 Å². The van der Waals surface area contributed by atoms with Crippen molar-refractivity contribution in [2.75, 3.05) is 5.32 Å². The number of benzene rings is 2. The van der Waals surface area contributed by atoms with Gasteiger partial charge in [0.1, 0.15) is 11.3 Å². The summed E-state index contributed by atoms with van der Waals surface area (Å²) in [5.74, 6) is -0.627. The highest BCUT2D eigenvalue weighted by molar-refractivity contribution is 6.08. The van der Waals surface area contributed by atoms with Gasteiger partial charge in [0, 0.05) is 12.4 Å². The molecule has 6 heteroatoms. The highest BCUT2D eigenvalue weighted by atomic mass is 16.2. The Labute approximate surface area is 168 Å². The van der Waals surface area contributed by atoms with Crippen LogP contribution < -0.4 is 10.6 Å². The molecule has 2 heterocycles. The van der Waals surface area contributed by atoms with E-state index in [2.05, 4.69) is 15.6 Å². The summed E-state index contributed by atoms with van der Waals surface area (Å²) >= 11 is 0. The smallest absolute Gasteiger partial charge is 0.275 e. The number of aromatic nitrogens is 2. The van der Waals surface area contributed by atoms with E-state index >= 15 is 0 Å². The van der Waals surface area contributed by atoms with E-state index in [4.69, 9.17) is 0 Å². The van der Waals surface area contributed by atoms with Gasteiger partial charge in [0.05, 0.1) is 17.3 Å². The van der Waals surface area contributed by atoms with Gasteiger partial charge in [-0.3, -0.25) is 9.59 Å². The lowest BCUT2D eigenvalue weighted by Crippen LogP contribution is -2.28. The molecule has 2 aromatic carbocycles. The Balaban J connectivity index is 1.53. The second-order valence-corrected chi connectivity index (χ2v) is 6.70. The van der Waals surface area contributed by atoms with Crippen LogP contribution in [-0.2, 0) is 0 Å². The topological polar surface area (TPSA) is 75.5 Å². The van der Waals surface area contributed by atoms with Crippen molar-refractivity contribution < 1.29 is 9.59 Å². The van der Waals surface area contributed by atoms with Crippen LogP contribution in [-0.4, -0.2) is 21.2 Å². The molecule has 4 aromatic rings. The number of anilines is 1. The molecule has 0 aliphatic rings. The monoisotopic (exact) mass is 384 g/mol. The number of nitrogens with zero attached hydrogens (tertiary/aromatic N) is 2. The van der Waals surface area contributed by atoms with E-state index in [1.807, 2.05) is 61.7 Å². The second-order valence-electron chi connectivity index (χ2n) is 6.70. The fourth-order valence-electron chi connectivity index (χ4n) is 3.12. The van der Waals surface area contributed by atoms with E-state index in [1.165, 1.54) is 0 Å². The molecule has 2 aromatic heterocycles. The summed E-state index contributed by atoms with van der Waals surface area (Å²) in [6, 6.07) is 22.0. The molecule has 2 N–H and O–H groups in total. The third-order valence-electron chi connectivity index (χ3n) is 4.66. The van der Waals surface area contributed by atoms with Crippen LogP contribution in [0.3, 0.4) is 0 Å². The standard InChI is InChI=1S/C23H20N4O2/c1-16(17-9-3-2-4-10-17)24-22(28)18-11-5-6-12-19(18)26-23(29)20-15-27-14-8-7-13-21(27)25-20/h2-16H,1H3,(H,24,28)(H,26,29)/t16-/m0/s1. The maximum Gasteiger partial charge on any atom is 0.275 e. The average molecular weight is 384 g/mol. The van der Waals surface area contributed by atoms with E-state index in [0.29, 0.717) is 16.9 Å². The van der Waals surface area contributed by atoms with Crippen molar-refractivity contribution in [1.82, 2.24) is 14.7 Å². The van der Waals surface area contributed by atoms with E-state index in [-0.39, 0.29) is 23.6 Å². The lowest BCUT2D eigenvalue weighted by molar-refractivity contribution is 0.0941. The van der Waals surface area contributed by atoms with Gasteiger partial charge in [-0.15, -0.1) is 0 Å². The fraction of sp³-hybridized carbons (Fsp3) is 0.0870. The van der Waals surface area contributed by atoms with E-state index in [1.54, 1.807) is 34.9 Å². The lowest BCUT2D eigenvalue weighted by Gasteiger charge is -2.16. The summed E-state index contributed by atoms with van der Waals surface area (Å²) in [5.41, 5.74) is 2.80. The molecule has 2 amide bonds.